The summed E-state index contributed by atoms with van der Waals surface area (Å²) < 4.78 is 3.57. The van der Waals surface area contributed by atoms with Crippen molar-refractivity contribution in [1.82, 2.24) is 14.5 Å². The molecule has 0 aliphatic carbocycles. The molecule has 5 heteroatoms. The van der Waals surface area contributed by atoms with Crippen LogP contribution in [0.5, 0.6) is 0 Å². The normalized spacial score (nSPS) is 10.7. The van der Waals surface area contributed by atoms with Crippen LogP contribution in [0, 0.1) is 4.77 Å². The van der Waals surface area contributed by atoms with Crippen LogP contribution in [0.4, 0.5) is 0 Å². The molecule has 0 spiro atoms. The Hall–Kier alpha value is -0.840. The molecule has 0 radical (unpaired) electrons. The molecular formula is C5H10N4S. The Morgan fingerprint density at radius 3 is 2.50 bits per heavy atom. The van der Waals surface area contributed by atoms with E-state index >= 15 is 0 Å². The van der Waals surface area contributed by atoms with E-state index in [0.717, 1.165) is 0 Å². The van der Waals surface area contributed by atoms with Crippen LogP contribution in [-0.4, -0.2) is 14.5 Å². The van der Waals surface area contributed by atoms with Crippen LogP contribution in [0.1, 0.15) is 19.9 Å². The monoisotopic (exact) mass is 158 g/mol. The Balaban J connectivity index is 3.18. The van der Waals surface area contributed by atoms with E-state index in [9.17, 15) is 0 Å². The zero-order chi connectivity index (χ0) is 7.72. The van der Waals surface area contributed by atoms with Crippen molar-refractivity contribution in [2.45, 2.75) is 19.9 Å². The third-order valence-corrected chi connectivity index (χ3v) is 1.60. The summed E-state index contributed by atoms with van der Waals surface area (Å²) in [5.74, 6) is 5.41. The van der Waals surface area contributed by atoms with Gasteiger partial charge in [-0.25, -0.2) is 9.36 Å². The van der Waals surface area contributed by atoms with Gasteiger partial charge >= 0.3 is 0 Å². The maximum absolute atomic E-state index is 5.41. The van der Waals surface area contributed by atoms with Crippen molar-refractivity contribution in [3.63, 3.8) is 0 Å². The van der Waals surface area contributed by atoms with Crippen molar-refractivity contribution < 1.29 is 0 Å². The molecule has 1 aromatic heterocycles. The minimum absolute atomic E-state index is 0.275. The number of aromatic nitrogens is 3. The first-order valence-corrected chi connectivity index (χ1v) is 3.45. The van der Waals surface area contributed by atoms with Crippen molar-refractivity contribution in [3.05, 3.63) is 11.1 Å². The molecule has 0 aliphatic heterocycles. The van der Waals surface area contributed by atoms with E-state index in [2.05, 4.69) is 5.10 Å². The average Bonchev–Trinajstić information content (AvgIpc) is 2.14. The number of hydrogen-bond acceptors (Lipinski definition) is 3. The largest absolute Gasteiger partial charge is 0.336 e. The minimum atomic E-state index is 0.275. The molecule has 0 aliphatic rings. The van der Waals surface area contributed by atoms with Crippen molar-refractivity contribution in [2.75, 3.05) is 5.84 Å². The van der Waals surface area contributed by atoms with Crippen LogP contribution in [0.15, 0.2) is 6.33 Å². The van der Waals surface area contributed by atoms with Gasteiger partial charge in [0, 0.05) is 6.04 Å². The fourth-order valence-corrected chi connectivity index (χ4v) is 0.988. The van der Waals surface area contributed by atoms with E-state index < -0.39 is 0 Å². The minimum Gasteiger partial charge on any atom is -0.336 e. The van der Waals surface area contributed by atoms with E-state index in [1.165, 1.54) is 11.0 Å². The highest BCUT2D eigenvalue weighted by atomic mass is 32.1. The van der Waals surface area contributed by atoms with Crippen molar-refractivity contribution >= 4 is 12.2 Å². The molecule has 10 heavy (non-hydrogen) atoms. The summed E-state index contributed by atoms with van der Waals surface area (Å²) in [4.78, 5) is 0. The standard InChI is InChI=1S/C5H10N4S/c1-4(2)9-5(10)8(6)3-7-9/h3-4H,6H2,1-2H3. The molecule has 0 amide bonds. The Morgan fingerprint density at radius 1 is 1.70 bits per heavy atom. The zero-order valence-electron chi connectivity index (χ0n) is 5.98. The van der Waals surface area contributed by atoms with E-state index in [0.29, 0.717) is 4.77 Å². The molecule has 56 valence electrons. The van der Waals surface area contributed by atoms with Crippen LogP contribution in [0.3, 0.4) is 0 Å². The molecular weight excluding hydrogens is 148 g/mol. The fraction of sp³-hybridized carbons (Fsp3) is 0.600. The van der Waals surface area contributed by atoms with Gasteiger partial charge in [0.05, 0.1) is 0 Å². The third kappa shape index (κ3) is 1.04. The van der Waals surface area contributed by atoms with Crippen LogP contribution in [0.25, 0.3) is 0 Å². The molecule has 1 aromatic rings. The molecule has 4 nitrogen and oxygen atoms in total. The van der Waals surface area contributed by atoms with Gasteiger partial charge in [0.15, 0.2) is 0 Å². The maximum Gasteiger partial charge on any atom is 0.216 e. The smallest absolute Gasteiger partial charge is 0.216 e. The fourth-order valence-electron chi connectivity index (χ4n) is 0.683. The summed E-state index contributed by atoms with van der Waals surface area (Å²) >= 11 is 4.94. The lowest BCUT2D eigenvalue weighted by Crippen LogP contribution is -2.09. The first kappa shape index (κ1) is 7.27. The number of hydrogen-bond donors (Lipinski definition) is 1. The van der Waals surface area contributed by atoms with Crippen molar-refractivity contribution in [1.29, 1.82) is 0 Å². The Bertz CT molecular complexity index is 271. The summed E-state index contributed by atoms with van der Waals surface area (Å²) in [6.45, 7) is 4.01. The molecule has 0 fully saturated rings. The number of nitrogens with zero attached hydrogens (tertiary/aromatic N) is 3. The zero-order valence-corrected chi connectivity index (χ0v) is 6.80. The van der Waals surface area contributed by atoms with Gasteiger partial charge in [-0.2, -0.15) is 5.10 Å². The number of rotatable bonds is 1. The van der Waals surface area contributed by atoms with Gasteiger partial charge in [0.1, 0.15) is 6.33 Å². The second-order valence-corrected chi connectivity index (χ2v) is 2.72. The van der Waals surface area contributed by atoms with Gasteiger partial charge in [-0.3, -0.25) is 0 Å². The quantitative estimate of drug-likeness (QED) is 0.483. The lowest BCUT2D eigenvalue weighted by Gasteiger charge is -2.01. The first-order chi connectivity index (χ1) is 4.63. The molecule has 0 bridgehead atoms. The lowest BCUT2D eigenvalue weighted by atomic mass is 10.4. The molecule has 0 saturated heterocycles. The molecule has 1 heterocycles. The third-order valence-electron chi connectivity index (χ3n) is 1.21. The molecule has 0 saturated carbocycles. The Kier molecular flexibility index (Phi) is 1.76. The van der Waals surface area contributed by atoms with Crippen LogP contribution < -0.4 is 5.84 Å². The van der Waals surface area contributed by atoms with E-state index in [-0.39, 0.29) is 6.04 Å². The van der Waals surface area contributed by atoms with E-state index in [1.54, 1.807) is 4.68 Å². The lowest BCUT2D eigenvalue weighted by molar-refractivity contribution is 0.521. The molecule has 0 atom stereocenters. The highest BCUT2D eigenvalue weighted by Crippen LogP contribution is 2.00. The second kappa shape index (κ2) is 2.42. The summed E-state index contributed by atoms with van der Waals surface area (Å²) in [5, 5.41) is 3.97. The van der Waals surface area contributed by atoms with E-state index in [4.69, 9.17) is 18.1 Å². The summed E-state index contributed by atoms with van der Waals surface area (Å²) in [5.41, 5.74) is 0. The van der Waals surface area contributed by atoms with Crippen LogP contribution in [-0.2, 0) is 0 Å². The van der Waals surface area contributed by atoms with Crippen molar-refractivity contribution in [3.8, 4) is 0 Å². The Morgan fingerprint density at radius 2 is 2.30 bits per heavy atom. The summed E-state index contributed by atoms with van der Waals surface area (Å²) in [7, 11) is 0. The van der Waals surface area contributed by atoms with Gasteiger partial charge in [-0.1, -0.05) is 0 Å². The number of nitrogen functional groups attached to an aromatic ring is 1. The van der Waals surface area contributed by atoms with Gasteiger partial charge < -0.3 is 5.84 Å². The summed E-state index contributed by atoms with van der Waals surface area (Å²) in [6.07, 6.45) is 1.50. The molecule has 2 N–H and O–H groups in total. The SMILES string of the molecule is CC(C)n1ncn(N)c1=S. The van der Waals surface area contributed by atoms with Crippen LogP contribution >= 0.6 is 12.2 Å². The van der Waals surface area contributed by atoms with Gasteiger partial charge in [0.2, 0.25) is 4.77 Å². The Labute approximate surface area is 64.2 Å². The van der Waals surface area contributed by atoms with E-state index in [1.807, 2.05) is 13.8 Å². The highest BCUT2D eigenvalue weighted by Gasteiger charge is 2.00. The van der Waals surface area contributed by atoms with Gasteiger partial charge in [0.25, 0.3) is 0 Å². The molecule has 0 unspecified atom stereocenters. The molecule has 0 aromatic carbocycles. The topological polar surface area (TPSA) is 48.8 Å². The van der Waals surface area contributed by atoms with Crippen LogP contribution in [0.2, 0.25) is 0 Å². The summed E-state index contributed by atoms with van der Waals surface area (Å²) in [6, 6.07) is 0.275. The predicted molar refractivity (Wildman–Crippen MR) is 41.6 cm³/mol. The number of nitrogens with two attached hydrogens (primary N) is 1. The maximum atomic E-state index is 5.41. The van der Waals surface area contributed by atoms with Crippen molar-refractivity contribution in [2.24, 2.45) is 0 Å². The highest BCUT2D eigenvalue weighted by molar-refractivity contribution is 7.71. The average molecular weight is 158 g/mol. The predicted octanol–water partition coefficient (Wildman–Crippen LogP) is 0.709. The van der Waals surface area contributed by atoms with Gasteiger partial charge in [-0.15, -0.1) is 0 Å². The second-order valence-electron chi connectivity index (χ2n) is 2.36. The molecule has 1 rings (SSSR count). The van der Waals surface area contributed by atoms with Gasteiger partial charge in [-0.05, 0) is 26.1 Å². The first-order valence-electron chi connectivity index (χ1n) is 3.04.